The molecule has 132 valence electrons. The second-order valence-electron chi connectivity index (χ2n) is 6.57. The van der Waals surface area contributed by atoms with Gasteiger partial charge in [-0.2, -0.15) is 0 Å². The number of rotatable bonds is 4. The smallest absolute Gasteiger partial charge is 0.319 e. The number of carbonyl (C=O) groups excluding carboxylic acids is 1. The summed E-state index contributed by atoms with van der Waals surface area (Å²) in [5.41, 5.74) is 3.13. The quantitative estimate of drug-likeness (QED) is 0.844. The van der Waals surface area contributed by atoms with Gasteiger partial charge in [0.1, 0.15) is 0 Å². The zero-order chi connectivity index (χ0) is 17.7. The van der Waals surface area contributed by atoms with Crippen LogP contribution in [-0.2, 0) is 10.2 Å². The van der Waals surface area contributed by atoms with E-state index in [4.69, 9.17) is 16.3 Å². The Morgan fingerprint density at radius 3 is 2.36 bits per heavy atom. The highest BCUT2D eigenvalue weighted by Crippen LogP contribution is 2.34. The van der Waals surface area contributed by atoms with Crippen molar-refractivity contribution >= 4 is 23.3 Å². The lowest BCUT2D eigenvalue weighted by Crippen LogP contribution is -2.45. The van der Waals surface area contributed by atoms with Gasteiger partial charge in [0.05, 0.1) is 0 Å². The highest BCUT2D eigenvalue weighted by atomic mass is 35.5. The Bertz CT molecular complexity index is 707. The molecule has 0 unspecified atom stereocenters. The first-order valence-electron chi connectivity index (χ1n) is 8.53. The van der Waals surface area contributed by atoms with E-state index in [1.165, 1.54) is 11.1 Å². The maximum atomic E-state index is 12.3. The van der Waals surface area contributed by atoms with Crippen LogP contribution in [0.2, 0.25) is 5.02 Å². The van der Waals surface area contributed by atoms with Crippen molar-refractivity contribution in [3.63, 3.8) is 0 Å². The summed E-state index contributed by atoms with van der Waals surface area (Å²) in [7, 11) is 0. The molecule has 2 N–H and O–H groups in total. The van der Waals surface area contributed by atoms with E-state index in [1.54, 1.807) is 24.3 Å². The summed E-state index contributed by atoms with van der Waals surface area (Å²) < 4.78 is 5.54. The van der Waals surface area contributed by atoms with E-state index in [2.05, 4.69) is 41.8 Å². The van der Waals surface area contributed by atoms with Crippen molar-refractivity contribution in [2.24, 2.45) is 0 Å². The summed E-state index contributed by atoms with van der Waals surface area (Å²) >= 11 is 5.87. The van der Waals surface area contributed by atoms with Crippen LogP contribution in [0.5, 0.6) is 0 Å². The number of carbonyl (C=O) groups is 1. The molecule has 2 aromatic carbocycles. The van der Waals surface area contributed by atoms with Crippen LogP contribution in [0, 0.1) is 6.92 Å². The number of anilines is 1. The lowest BCUT2D eigenvalue weighted by Gasteiger charge is -2.38. The summed E-state index contributed by atoms with van der Waals surface area (Å²) in [6.07, 6.45) is 1.80. The van der Waals surface area contributed by atoms with E-state index < -0.39 is 0 Å². The molecule has 0 radical (unpaired) electrons. The van der Waals surface area contributed by atoms with Crippen molar-refractivity contribution in [3.05, 3.63) is 64.7 Å². The lowest BCUT2D eigenvalue weighted by atomic mass is 9.74. The van der Waals surface area contributed by atoms with Crippen molar-refractivity contribution in [1.82, 2.24) is 5.32 Å². The van der Waals surface area contributed by atoms with Crippen LogP contribution in [0.25, 0.3) is 0 Å². The molecular formula is C20H23ClN2O2. The lowest BCUT2D eigenvalue weighted by molar-refractivity contribution is 0.0508. The van der Waals surface area contributed by atoms with E-state index in [-0.39, 0.29) is 11.4 Å². The summed E-state index contributed by atoms with van der Waals surface area (Å²) in [4.78, 5) is 12.3. The van der Waals surface area contributed by atoms with Gasteiger partial charge in [-0.15, -0.1) is 0 Å². The van der Waals surface area contributed by atoms with Gasteiger partial charge in [-0.3, -0.25) is 0 Å². The Balaban J connectivity index is 1.67. The predicted octanol–water partition coefficient (Wildman–Crippen LogP) is 4.52. The second kappa shape index (κ2) is 7.89. The standard InChI is InChI=1S/C20H23ClN2O2/c1-15-2-4-16(5-3-15)20(10-12-25-13-11-20)14-22-19(24)23-18-8-6-17(21)7-9-18/h2-9H,10-14H2,1H3,(H2,22,23,24). The summed E-state index contributed by atoms with van der Waals surface area (Å²) in [6, 6.07) is 15.4. The van der Waals surface area contributed by atoms with Crippen molar-refractivity contribution in [2.75, 3.05) is 25.1 Å². The average molecular weight is 359 g/mol. The molecule has 2 aromatic rings. The number of ether oxygens (including phenoxy) is 1. The Kier molecular flexibility index (Phi) is 5.61. The number of urea groups is 1. The van der Waals surface area contributed by atoms with Gasteiger partial charge >= 0.3 is 6.03 Å². The van der Waals surface area contributed by atoms with E-state index >= 15 is 0 Å². The molecule has 2 amide bonds. The molecule has 3 rings (SSSR count). The molecule has 1 aliphatic heterocycles. The van der Waals surface area contributed by atoms with Gasteiger partial charge in [0.25, 0.3) is 0 Å². The van der Waals surface area contributed by atoms with E-state index in [1.807, 2.05) is 0 Å². The van der Waals surface area contributed by atoms with Crippen molar-refractivity contribution < 1.29 is 9.53 Å². The zero-order valence-electron chi connectivity index (χ0n) is 14.3. The van der Waals surface area contributed by atoms with Gasteiger partial charge in [0, 0.05) is 35.9 Å². The predicted molar refractivity (Wildman–Crippen MR) is 101 cm³/mol. The van der Waals surface area contributed by atoms with Crippen LogP contribution in [0.4, 0.5) is 10.5 Å². The van der Waals surface area contributed by atoms with Crippen molar-refractivity contribution in [3.8, 4) is 0 Å². The van der Waals surface area contributed by atoms with Crippen LogP contribution in [0.3, 0.4) is 0 Å². The minimum Gasteiger partial charge on any atom is -0.381 e. The van der Waals surface area contributed by atoms with Gasteiger partial charge in [0.2, 0.25) is 0 Å². The van der Waals surface area contributed by atoms with Crippen LogP contribution in [0.15, 0.2) is 48.5 Å². The maximum absolute atomic E-state index is 12.3. The minimum atomic E-state index is -0.208. The number of benzene rings is 2. The Labute approximate surface area is 153 Å². The number of hydrogen-bond donors (Lipinski definition) is 2. The van der Waals surface area contributed by atoms with Crippen molar-refractivity contribution in [1.29, 1.82) is 0 Å². The third kappa shape index (κ3) is 4.53. The molecule has 0 aromatic heterocycles. The van der Waals surface area contributed by atoms with Crippen molar-refractivity contribution in [2.45, 2.75) is 25.2 Å². The Morgan fingerprint density at radius 1 is 1.08 bits per heavy atom. The molecule has 25 heavy (non-hydrogen) atoms. The molecule has 4 nitrogen and oxygen atoms in total. The number of nitrogens with one attached hydrogen (secondary N) is 2. The molecule has 1 aliphatic rings. The third-order valence-electron chi connectivity index (χ3n) is 4.80. The Hall–Kier alpha value is -2.04. The number of amides is 2. The molecule has 0 bridgehead atoms. The van der Waals surface area contributed by atoms with Crippen LogP contribution < -0.4 is 10.6 Å². The molecule has 5 heteroatoms. The van der Waals surface area contributed by atoms with Crippen LogP contribution in [0.1, 0.15) is 24.0 Å². The largest absolute Gasteiger partial charge is 0.381 e. The van der Waals surface area contributed by atoms with Gasteiger partial charge in [-0.25, -0.2) is 4.79 Å². The SMILES string of the molecule is Cc1ccc(C2(CNC(=O)Nc3ccc(Cl)cc3)CCOCC2)cc1. The van der Waals surface area contributed by atoms with Gasteiger partial charge in [-0.05, 0) is 49.6 Å². The monoisotopic (exact) mass is 358 g/mol. The van der Waals surface area contributed by atoms with E-state index in [0.717, 1.165) is 18.5 Å². The molecule has 1 heterocycles. The molecule has 0 aliphatic carbocycles. The summed E-state index contributed by atoms with van der Waals surface area (Å²) in [5.74, 6) is 0. The Morgan fingerprint density at radius 2 is 1.72 bits per heavy atom. The first kappa shape index (κ1) is 17.8. The number of aryl methyl sites for hydroxylation is 1. The molecule has 0 spiro atoms. The fourth-order valence-corrected chi connectivity index (χ4v) is 3.32. The second-order valence-corrected chi connectivity index (χ2v) is 7.01. The first-order valence-corrected chi connectivity index (χ1v) is 8.91. The van der Waals surface area contributed by atoms with Gasteiger partial charge in [-0.1, -0.05) is 41.4 Å². The van der Waals surface area contributed by atoms with E-state index in [9.17, 15) is 4.79 Å². The highest BCUT2D eigenvalue weighted by Gasteiger charge is 2.34. The van der Waals surface area contributed by atoms with Crippen LogP contribution in [-0.4, -0.2) is 25.8 Å². The summed E-state index contributed by atoms with van der Waals surface area (Å²) in [6.45, 7) is 4.10. The molecule has 0 atom stereocenters. The summed E-state index contributed by atoms with van der Waals surface area (Å²) in [5, 5.41) is 6.52. The molecule has 0 saturated carbocycles. The number of hydrogen-bond acceptors (Lipinski definition) is 2. The highest BCUT2D eigenvalue weighted by molar-refractivity contribution is 6.30. The van der Waals surface area contributed by atoms with Gasteiger partial charge in [0.15, 0.2) is 0 Å². The first-order chi connectivity index (χ1) is 12.1. The minimum absolute atomic E-state index is 0.0801. The van der Waals surface area contributed by atoms with Gasteiger partial charge < -0.3 is 15.4 Å². The molecule has 1 fully saturated rings. The average Bonchev–Trinajstić information content (AvgIpc) is 2.63. The zero-order valence-corrected chi connectivity index (χ0v) is 15.1. The van der Waals surface area contributed by atoms with E-state index in [0.29, 0.717) is 24.8 Å². The number of halogens is 1. The normalized spacial score (nSPS) is 16.2. The third-order valence-corrected chi connectivity index (χ3v) is 5.06. The maximum Gasteiger partial charge on any atom is 0.319 e. The topological polar surface area (TPSA) is 50.4 Å². The fourth-order valence-electron chi connectivity index (χ4n) is 3.19. The molecular weight excluding hydrogens is 336 g/mol. The van der Waals surface area contributed by atoms with Crippen LogP contribution >= 0.6 is 11.6 Å². The fraction of sp³-hybridized carbons (Fsp3) is 0.350. The molecule has 1 saturated heterocycles.